The Hall–Kier alpha value is -2.29. The Morgan fingerprint density at radius 3 is 2.33 bits per heavy atom. The molecule has 0 heterocycles. The third kappa shape index (κ3) is 7.51. The maximum Gasteiger partial charge on any atom is 0.243 e. The maximum atomic E-state index is 12.2. The zero-order valence-electron chi connectivity index (χ0n) is 16.5. The lowest BCUT2D eigenvalue weighted by atomic mass is 10.3. The second kappa shape index (κ2) is 10.7. The van der Waals surface area contributed by atoms with Gasteiger partial charge in [-0.1, -0.05) is 23.2 Å². The molecular weight excluding hydrogens is 451 g/mol. The van der Waals surface area contributed by atoms with E-state index in [0.29, 0.717) is 27.9 Å². The van der Waals surface area contributed by atoms with Crippen LogP contribution in [-0.2, 0) is 19.4 Å². The number of ether oxygens (including phenoxy) is 1. The van der Waals surface area contributed by atoms with Crippen LogP contribution in [0.5, 0.6) is 5.75 Å². The highest BCUT2D eigenvalue weighted by molar-refractivity contribution is 7.90. The molecule has 7 nitrogen and oxygen atoms in total. The molecule has 1 N–H and O–H groups in total. The van der Waals surface area contributed by atoms with Crippen LogP contribution in [0.25, 0.3) is 0 Å². The molecular formula is C20H22Cl2N2O5S. The molecule has 0 fully saturated rings. The Balaban J connectivity index is 1.72. The first-order valence-electron chi connectivity index (χ1n) is 8.98. The maximum absolute atomic E-state index is 12.2. The van der Waals surface area contributed by atoms with E-state index in [9.17, 15) is 18.0 Å². The number of hydrogen-bond donors (Lipinski definition) is 1. The van der Waals surface area contributed by atoms with Crippen molar-refractivity contribution >= 4 is 50.5 Å². The average molecular weight is 473 g/mol. The molecule has 0 bridgehead atoms. The van der Waals surface area contributed by atoms with Crippen LogP contribution in [0.1, 0.15) is 12.8 Å². The topological polar surface area (TPSA) is 92.8 Å². The van der Waals surface area contributed by atoms with E-state index in [1.165, 1.54) is 23.1 Å². The van der Waals surface area contributed by atoms with Crippen LogP contribution in [0.4, 0.5) is 5.69 Å². The van der Waals surface area contributed by atoms with E-state index in [0.717, 1.165) is 6.26 Å². The summed E-state index contributed by atoms with van der Waals surface area (Å²) in [5.41, 5.74) is 0.491. The van der Waals surface area contributed by atoms with Crippen molar-refractivity contribution in [2.45, 2.75) is 17.7 Å². The Kier molecular flexibility index (Phi) is 8.52. The second-order valence-corrected chi connectivity index (χ2v) is 9.45. The van der Waals surface area contributed by atoms with Gasteiger partial charge in [-0.3, -0.25) is 9.59 Å². The first-order chi connectivity index (χ1) is 14.1. The molecule has 2 aromatic rings. The first-order valence-corrected chi connectivity index (χ1v) is 11.6. The van der Waals surface area contributed by atoms with Gasteiger partial charge < -0.3 is 15.0 Å². The number of nitrogens with one attached hydrogen (secondary N) is 1. The van der Waals surface area contributed by atoms with Gasteiger partial charge in [-0.2, -0.15) is 0 Å². The lowest BCUT2D eigenvalue weighted by Crippen LogP contribution is -2.34. The average Bonchev–Trinajstić information content (AvgIpc) is 2.67. The minimum Gasteiger partial charge on any atom is -0.494 e. The highest BCUT2D eigenvalue weighted by atomic mass is 35.5. The molecule has 2 aromatic carbocycles. The predicted molar refractivity (Wildman–Crippen MR) is 117 cm³/mol. The van der Waals surface area contributed by atoms with Crippen molar-refractivity contribution in [3.8, 4) is 5.75 Å². The number of sulfone groups is 1. The summed E-state index contributed by atoms with van der Waals surface area (Å²) in [7, 11) is -1.71. The van der Waals surface area contributed by atoms with Crippen LogP contribution in [0.2, 0.25) is 10.0 Å². The number of anilines is 1. The fourth-order valence-corrected chi connectivity index (χ4v) is 3.39. The molecule has 0 aliphatic heterocycles. The van der Waals surface area contributed by atoms with Crippen LogP contribution < -0.4 is 10.1 Å². The molecule has 2 rings (SSSR count). The minimum absolute atomic E-state index is 0.104. The number of carbonyl (C=O) groups excluding carboxylic acids is 2. The summed E-state index contributed by atoms with van der Waals surface area (Å²) in [5, 5.41) is 3.36. The smallest absolute Gasteiger partial charge is 0.243 e. The highest BCUT2D eigenvalue weighted by Gasteiger charge is 2.13. The number of halogens is 2. The second-order valence-electron chi connectivity index (χ2n) is 6.62. The number of hydrogen-bond acceptors (Lipinski definition) is 5. The lowest BCUT2D eigenvalue weighted by Gasteiger charge is -2.17. The van der Waals surface area contributed by atoms with Crippen LogP contribution in [0, 0.1) is 0 Å². The van der Waals surface area contributed by atoms with Crippen molar-refractivity contribution in [2.24, 2.45) is 0 Å². The summed E-state index contributed by atoms with van der Waals surface area (Å²) in [4.78, 5) is 25.8. The third-order valence-corrected chi connectivity index (χ3v) is 5.93. The fourth-order valence-electron chi connectivity index (χ4n) is 2.47. The summed E-state index contributed by atoms with van der Waals surface area (Å²) in [5.74, 6) is -0.0361. The van der Waals surface area contributed by atoms with Crippen LogP contribution in [0.3, 0.4) is 0 Å². The molecule has 10 heteroatoms. The number of nitrogens with zero attached hydrogens (tertiary/aromatic N) is 1. The zero-order valence-corrected chi connectivity index (χ0v) is 18.9. The quantitative estimate of drug-likeness (QED) is 0.562. The number of amides is 2. The summed E-state index contributed by atoms with van der Waals surface area (Å²) in [6.45, 7) is 0.181. The molecule has 0 aliphatic rings. The van der Waals surface area contributed by atoms with Crippen molar-refractivity contribution in [2.75, 3.05) is 31.8 Å². The van der Waals surface area contributed by atoms with Gasteiger partial charge in [0.2, 0.25) is 11.8 Å². The Morgan fingerprint density at radius 1 is 1.07 bits per heavy atom. The molecule has 0 saturated carbocycles. The fraction of sp³-hybridized carbons (Fsp3) is 0.300. The predicted octanol–water partition coefficient (Wildman–Crippen LogP) is 3.65. The lowest BCUT2D eigenvalue weighted by molar-refractivity contribution is -0.133. The van der Waals surface area contributed by atoms with E-state index in [4.69, 9.17) is 27.9 Å². The molecule has 0 aliphatic carbocycles. The normalized spacial score (nSPS) is 11.1. The van der Waals surface area contributed by atoms with Gasteiger partial charge in [0, 0.05) is 25.4 Å². The Labute approximate surface area is 185 Å². The molecule has 30 heavy (non-hydrogen) atoms. The van der Waals surface area contributed by atoms with Gasteiger partial charge in [0.15, 0.2) is 9.84 Å². The van der Waals surface area contributed by atoms with E-state index < -0.39 is 9.84 Å². The first kappa shape index (κ1) is 24.0. The standard InChI is InChI=1S/C20H22Cl2N2O5S/c1-24(13-19(25)23-14-5-10-17(21)18(22)12-14)20(26)4-3-11-29-15-6-8-16(9-7-15)30(2,27)28/h5-10,12H,3-4,11,13H2,1-2H3,(H,23,25). The zero-order chi connectivity index (χ0) is 22.3. The molecule has 0 aromatic heterocycles. The van der Waals surface area contributed by atoms with E-state index in [1.807, 2.05) is 0 Å². The molecule has 0 saturated heterocycles. The molecule has 0 radical (unpaired) electrons. The third-order valence-electron chi connectivity index (χ3n) is 4.07. The van der Waals surface area contributed by atoms with E-state index in [1.54, 1.807) is 31.3 Å². The number of likely N-dealkylation sites (N-methyl/N-ethyl adjacent to an activating group) is 1. The van der Waals surface area contributed by atoms with Crippen LogP contribution in [-0.4, -0.2) is 51.6 Å². The van der Waals surface area contributed by atoms with Crippen molar-refractivity contribution < 1.29 is 22.7 Å². The van der Waals surface area contributed by atoms with Gasteiger partial charge in [-0.25, -0.2) is 8.42 Å². The number of benzene rings is 2. The van der Waals surface area contributed by atoms with Crippen LogP contribution in [0.15, 0.2) is 47.4 Å². The van der Waals surface area contributed by atoms with E-state index in [2.05, 4.69) is 5.32 Å². The summed E-state index contributed by atoms with van der Waals surface area (Å²) < 4.78 is 28.4. The van der Waals surface area contributed by atoms with E-state index in [-0.39, 0.29) is 36.3 Å². The largest absolute Gasteiger partial charge is 0.494 e. The number of carbonyl (C=O) groups is 2. The summed E-state index contributed by atoms with van der Waals surface area (Å²) in [6.07, 6.45) is 1.79. The monoisotopic (exact) mass is 472 g/mol. The van der Waals surface area contributed by atoms with Gasteiger partial charge >= 0.3 is 0 Å². The number of rotatable bonds is 9. The molecule has 0 spiro atoms. The Morgan fingerprint density at radius 2 is 1.73 bits per heavy atom. The molecule has 0 unspecified atom stereocenters. The SMILES string of the molecule is CN(CC(=O)Nc1ccc(Cl)c(Cl)c1)C(=O)CCCOc1ccc(S(C)(=O)=O)cc1. The van der Waals surface area contributed by atoms with Gasteiger partial charge in [0.1, 0.15) is 5.75 Å². The van der Waals surface area contributed by atoms with Crippen molar-refractivity contribution in [3.63, 3.8) is 0 Å². The summed E-state index contributed by atoms with van der Waals surface area (Å²) in [6, 6.07) is 10.8. The summed E-state index contributed by atoms with van der Waals surface area (Å²) >= 11 is 11.7. The molecule has 162 valence electrons. The minimum atomic E-state index is -3.25. The highest BCUT2D eigenvalue weighted by Crippen LogP contribution is 2.25. The van der Waals surface area contributed by atoms with Crippen LogP contribution >= 0.6 is 23.2 Å². The van der Waals surface area contributed by atoms with Gasteiger partial charge in [-0.05, 0) is 48.9 Å². The van der Waals surface area contributed by atoms with Gasteiger partial charge in [-0.15, -0.1) is 0 Å². The van der Waals surface area contributed by atoms with Crippen molar-refractivity contribution in [1.82, 2.24) is 4.90 Å². The van der Waals surface area contributed by atoms with Crippen molar-refractivity contribution in [3.05, 3.63) is 52.5 Å². The molecule has 0 atom stereocenters. The van der Waals surface area contributed by atoms with Crippen molar-refractivity contribution in [1.29, 1.82) is 0 Å². The van der Waals surface area contributed by atoms with Gasteiger partial charge in [0.05, 0.1) is 28.1 Å². The Bertz CT molecular complexity index is 1010. The molecule has 2 amide bonds. The van der Waals surface area contributed by atoms with E-state index >= 15 is 0 Å². The van der Waals surface area contributed by atoms with Gasteiger partial charge in [0.25, 0.3) is 0 Å².